The van der Waals surface area contributed by atoms with Crippen LogP contribution in [0.1, 0.15) is 31.7 Å². The molecule has 0 aliphatic heterocycles. The molecule has 0 aliphatic rings. The van der Waals surface area contributed by atoms with Crippen LogP contribution in [-0.2, 0) is 6.18 Å². The molecule has 0 spiro atoms. The first-order chi connectivity index (χ1) is 8.97. The van der Waals surface area contributed by atoms with Crippen LogP contribution >= 0.6 is 0 Å². The predicted molar refractivity (Wildman–Crippen MR) is 67.8 cm³/mol. The lowest BCUT2D eigenvalue weighted by Gasteiger charge is -2.16. The standard InChI is InChI=1S/C13H19F3N2O/c1-2-3-10(5-7-19)9-18-12-8-11(4-6-17-12)13(14,15)16/h4,6,8,10,19H,2-3,5,7,9H2,1H3,(H,17,18). The number of aromatic nitrogens is 1. The lowest BCUT2D eigenvalue weighted by atomic mass is 10.0. The van der Waals surface area contributed by atoms with E-state index in [9.17, 15) is 13.2 Å². The van der Waals surface area contributed by atoms with Crippen LogP contribution < -0.4 is 5.32 Å². The molecule has 0 aromatic carbocycles. The number of aliphatic hydroxyl groups is 1. The Morgan fingerprint density at radius 2 is 2.11 bits per heavy atom. The first-order valence-corrected chi connectivity index (χ1v) is 6.35. The Balaban J connectivity index is 2.61. The van der Waals surface area contributed by atoms with E-state index in [-0.39, 0.29) is 18.3 Å². The molecule has 19 heavy (non-hydrogen) atoms. The van der Waals surface area contributed by atoms with Crippen molar-refractivity contribution in [3.8, 4) is 0 Å². The molecular weight excluding hydrogens is 257 g/mol. The molecule has 108 valence electrons. The molecule has 0 radical (unpaired) electrons. The van der Waals surface area contributed by atoms with Crippen LogP contribution in [0.25, 0.3) is 0 Å². The molecule has 0 saturated heterocycles. The number of aliphatic hydroxyl groups excluding tert-OH is 1. The normalized spacial score (nSPS) is 13.3. The van der Waals surface area contributed by atoms with Crippen molar-refractivity contribution in [3.63, 3.8) is 0 Å². The third-order valence-electron chi connectivity index (χ3n) is 2.89. The molecule has 2 N–H and O–H groups in total. The molecule has 1 atom stereocenters. The second kappa shape index (κ2) is 7.33. The van der Waals surface area contributed by atoms with E-state index < -0.39 is 11.7 Å². The highest BCUT2D eigenvalue weighted by molar-refractivity contribution is 5.38. The van der Waals surface area contributed by atoms with Gasteiger partial charge in [0.1, 0.15) is 5.82 Å². The van der Waals surface area contributed by atoms with E-state index in [2.05, 4.69) is 10.3 Å². The van der Waals surface area contributed by atoms with Gasteiger partial charge in [-0.2, -0.15) is 13.2 Å². The van der Waals surface area contributed by atoms with Crippen LogP contribution in [0, 0.1) is 5.92 Å². The molecule has 6 heteroatoms. The SMILES string of the molecule is CCCC(CCO)CNc1cc(C(F)(F)F)ccn1. The Kier molecular flexibility index (Phi) is 6.08. The number of nitrogens with zero attached hydrogens (tertiary/aromatic N) is 1. The minimum atomic E-state index is -4.35. The number of anilines is 1. The Morgan fingerprint density at radius 1 is 1.37 bits per heavy atom. The van der Waals surface area contributed by atoms with Crippen molar-refractivity contribution in [2.24, 2.45) is 5.92 Å². The summed E-state index contributed by atoms with van der Waals surface area (Å²) in [6.07, 6.45) is -0.673. The van der Waals surface area contributed by atoms with Gasteiger partial charge in [0.2, 0.25) is 0 Å². The third kappa shape index (κ3) is 5.46. The van der Waals surface area contributed by atoms with E-state index in [1.54, 1.807) is 0 Å². The average Bonchev–Trinajstić information content (AvgIpc) is 2.36. The Morgan fingerprint density at radius 3 is 2.68 bits per heavy atom. The summed E-state index contributed by atoms with van der Waals surface area (Å²) in [5.74, 6) is 0.459. The molecule has 1 heterocycles. The van der Waals surface area contributed by atoms with Gasteiger partial charge in [-0.25, -0.2) is 4.98 Å². The molecule has 0 bridgehead atoms. The lowest BCUT2D eigenvalue weighted by Crippen LogP contribution is -2.17. The summed E-state index contributed by atoms with van der Waals surface area (Å²) in [4.78, 5) is 3.87. The minimum absolute atomic E-state index is 0.0857. The lowest BCUT2D eigenvalue weighted by molar-refractivity contribution is -0.137. The maximum absolute atomic E-state index is 12.5. The molecule has 0 saturated carbocycles. The summed E-state index contributed by atoms with van der Waals surface area (Å²) in [5, 5.41) is 11.8. The zero-order valence-corrected chi connectivity index (χ0v) is 10.9. The number of halogens is 3. The first-order valence-electron chi connectivity index (χ1n) is 6.35. The van der Waals surface area contributed by atoms with Crippen molar-refractivity contribution in [1.82, 2.24) is 4.98 Å². The smallest absolute Gasteiger partial charge is 0.396 e. The van der Waals surface area contributed by atoms with Crippen molar-refractivity contribution >= 4 is 5.82 Å². The average molecular weight is 276 g/mol. The minimum Gasteiger partial charge on any atom is -0.396 e. The maximum atomic E-state index is 12.5. The quantitative estimate of drug-likeness (QED) is 0.803. The Labute approximate surface area is 110 Å². The fourth-order valence-corrected chi connectivity index (χ4v) is 1.89. The van der Waals surface area contributed by atoms with Gasteiger partial charge in [0.15, 0.2) is 0 Å². The molecule has 1 aromatic heterocycles. The van der Waals surface area contributed by atoms with E-state index in [0.717, 1.165) is 31.2 Å². The van der Waals surface area contributed by atoms with Crippen LogP contribution in [0.15, 0.2) is 18.3 Å². The molecule has 0 amide bonds. The molecule has 3 nitrogen and oxygen atoms in total. The number of nitrogens with one attached hydrogen (secondary N) is 1. The summed E-state index contributed by atoms with van der Waals surface area (Å²) in [5.41, 5.74) is -0.709. The Hall–Kier alpha value is -1.30. The van der Waals surface area contributed by atoms with Crippen molar-refractivity contribution < 1.29 is 18.3 Å². The zero-order chi connectivity index (χ0) is 14.3. The topological polar surface area (TPSA) is 45.1 Å². The number of rotatable bonds is 7. The number of hydrogen-bond donors (Lipinski definition) is 2. The molecule has 0 fully saturated rings. The number of pyridine rings is 1. The predicted octanol–water partition coefficient (Wildman–Crippen LogP) is 3.31. The summed E-state index contributed by atoms with van der Waals surface area (Å²) >= 11 is 0. The molecule has 1 rings (SSSR count). The van der Waals surface area contributed by atoms with Crippen LogP contribution in [0.4, 0.5) is 19.0 Å². The molecule has 0 aliphatic carbocycles. The maximum Gasteiger partial charge on any atom is 0.416 e. The van der Waals surface area contributed by atoms with Gasteiger partial charge >= 0.3 is 6.18 Å². The monoisotopic (exact) mass is 276 g/mol. The number of hydrogen-bond acceptors (Lipinski definition) is 3. The second-order valence-electron chi connectivity index (χ2n) is 4.48. The zero-order valence-electron chi connectivity index (χ0n) is 10.9. The first kappa shape index (κ1) is 15.8. The van der Waals surface area contributed by atoms with Gasteiger partial charge in [-0.15, -0.1) is 0 Å². The second-order valence-corrected chi connectivity index (χ2v) is 4.48. The van der Waals surface area contributed by atoms with Crippen molar-refractivity contribution in [3.05, 3.63) is 23.9 Å². The van der Waals surface area contributed by atoms with Gasteiger partial charge < -0.3 is 10.4 Å². The highest BCUT2D eigenvalue weighted by Crippen LogP contribution is 2.29. The van der Waals surface area contributed by atoms with E-state index in [0.29, 0.717) is 13.0 Å². The van der Waals surface area contributed by atoms with E-state index in [1.165, 1.54) is 0 Å². The van der Waals surface area contributed by atoms with Crippen LogP contribution in [0.2, 0.25) is 0 Å². The summed E-state index contributed by atoms with van der Waals surface area (Å²) in [7, 11) is 0. The summed E-state index contributed by atoms with van der Waals surface area (Å²) in [6.45, 7) is 2.64. The fourth-order valence-electron chi connectivity index (χ4n) is 1.89. The highest BCUT2D eigenvalue weighted by Gasteiger charge is 2.30. The van der Waals surface area contributed by atoms with E-state index in [4.69, 9.17) is 5.11 Å². The van der Waals surface area contributed by atoms with Gasteiger partial charge in [-0.1, -0.05) is 13.3 Å². The van der Waals surface area contributed by atoms with Gasteiger partial charge in [0.25, 0.3) is 0 Å². The van der Waals surface area contributed by atoms with E-state index >= 15 is 0 Å². The largest absolute Gasteiger partial charge is 0.416 e. The van der Waals surface area contributed by atoms with Gasteiger partial charge in [0.05, 0.1) is 5.56 Å². The van der Waals surface area contributed by atoms with Gasteiger partial charge in [-0.3, -0.25) is 0 Å². The third-order valence-corrected chi connectivity index (χ3v) is 2.89. The van der Waals surface area contributed by atoms with Crippen molar-refractivity contribution in [1.29, 1.82) is 0 Å². The highest BCUT2D eigenvalue weighted by atomic mass is 19.4. The van der Waals surface area contributed by atoms with E-state index in [1.807, 2.05) is 6.92 Å². The molecule has 1 aromatic rings. The van der Waals surface area contributed by atoms with Crippen molar-refractivity contribution in [2.75, 3.05) is 18.5 Å². The molecular formula is C13H19F3N2O. The van der Waals surface area contributed by atoms with Gasteiger partial charge in [-0.05, 0) is 30.9 Å². The molecule has 1 unspecified atom stereocenters. The van der Waals surface area contributed by atoms with Gasteiger partial charge in [0, 0.05) is 19.3 Å². The summed E-state index contributed by atoms with van der Waals surface area (Å²) < 4.78 is 37.6. The summed E-state index contributed by atoms with van der Waals surface area (Å²) in [6, 6.07) is 1.95. The van der Waals surface area contributed by atoms with Crippen LogP contribution in [0.5, 0.6) is 0 Å². The Bertz CT molecular complexity index is 376. The van der Waals surface area contributed by atoms with Crippen LogP contribution in [-0.4, -0.2) is 23.2 Å². The fraction of sp³-hybridized carbons (Fsp3) is 0.615. The van der Waals surface area contributed by atoms with Crippen LogP contribution in [0.3, 0.4) is 0 Å². The number of alkyl halides is 3. The van der Waals surface area contributed by atoms with Crippen molar-refractivity contribution in [2.45, 2.75) is 32.4 Å².